The van der Waals surface area contributed by atoms with Crippen molar-refractivity contribution in [2.24, 2.45) is 0 Å². The van der Waals surface area contributed by atoms with E-state index in [4.69, 9.17) is 19.8 Å². The molecule has 0 unspecified atom stereocenters. The van der Waals surface area contributed by atoms with Crippen molar-refractivity contribution in [2.75, 3.05) is 38.6 Å². The fourth-order valence-electron chi connectivity index (χ4n) is 2.90. The van der Waals surface area contributed by atoms with Gasteiger partial charge in [0, 0.05) is 43.4 Å². The second kappa shape index (κ2) is 6.59. The lowest BCUT2D eigenvalue weighted by Crippen LogP contribution is -2.41. The lowest BCUT2D eigenvalue weighted by atomic mass is 9.78. The molecule has 2 aliphatic rings. The van der Waals surface area contributed by atoms with E-state index in [0.29, 0.717) is 0 Å². The summed E-state index contributed by atoms with van der Waals surface area (Å²) in [7, 11) is -0.463. The number of anilines is 1. The number of nitrogen functional groups attached to an aromatic ring is 1. The van der Waals surface area contributed by atoms with Crippen LogP contribution >= 0.6 is 0 Å². The Morgan fingerprint density at radius 1 is 1.17 bits per heavy atom. The normalized spacial score (nSPS) is 23.6. The molecule has 0 aliphatic carbocycles. The van der Waals surface area contributed by atoms with E-state index >= 15 is 0 Å². The van der Waals surface area contributed by atoms with Crippen LogP contribution in [0.15, 0.2) is 6.20 Å². The molecule has 7 nitrogen and oxygen atoms in total. The molecule has 24 heavy (non-hydrogen) atoms. The lowest BCUT2D eigenvalue weighted by Gasteiger charge is -2.32. The summed E-state index contributed by atoms with van der Waals surface area (Å²) < 4.78 is 17.7. The number of nitrogens with zero attached hydrogens (tertiary/aromatic N) is 3. The van der Waals surface area contributed by atoms with Crippen molar-refractivity contribution in [1.29, 1.82) is 0 Å². The van der Waals surface area contributed by atoms with Crippen molar-refractivity contribution in [1.82, 2.24) is 14.9 Å². The van der Waals surface area contributed by atoms with Gasteiger partial charge in [0.2, 0.25) is 5.95 Å². The van der Waals surface area contributed by atoms with Gasteiger partial charge in [-0.15, -0.1) is 0 Å². The van der Waals surface area contributed by atoms with Crippen LogP contribution in [-0.2, 0) is 20.5 Å². The first-order valence-corrected chi connectivity index (χ1v) is 8.55. The van der Waals surface area contributed by atoms with Gasteiger partial charge >= 0.3 is 7.12 Å². The number of rotatable bonds is 4. The molecule has 3 rings (SSSR count). The van der Waals surface area contributed by atoms with Crippen LogP contribution in [0, 0.1) is 0 Å². The zero-order valence-corrected chi connectivity index (χ0v) is 15.0. The van der Waals surface area contributed by atoms with Crippen molar-refractivity contribution < 1.29 is 14.0 Å². The van der Waals surface area contributed by atoms with Gasteiger partial charge in [0.05, 0.1) is 24.4 Å². The van der Waals surface area contributed by atoms with Crippen LogP contribution in [0.5, 0.6) is 0 Å². The van der Waals surface area contributed by atoms with E-state index in [1.807, 2.05) is 27.7 Å². The third-order valence-corrected chi connectivity index (χ3v) is 5.19. The van der Waals surface area contributed by atoms with Gasteiger partial charge in [-0.3, -0.25) is 4.90 Å². The van der Waals surface area contributed by atoms with E-state index in [1.165, 1.54) is 0 Å². The minimum Gasteiger partial charge on any atom is -0.399 e. The van der Waals surface area contributed by atoms with Crippen molar-refractivity contribution in [3.8, 4) is 0 Å². The molecule has 2 saturated heterocycles. The summed E-state index contributed by atoms with van der Waals surface area (Å²) in [6, 6.07) is 0. The number of morpholine rings is 1. The minimum atomic E-state index is -0.463. The van der Waals surface area contributed by atoms with E-state index in [-0.39, 0.29) is 17.2 Å². The molecule has 1 aromatic heterocycles. The molecule has 2 fully saturated rings. The number of hydrogen-bond donors (Lipinski definition) is 1. The minimum absolute atomic E-state index is 0.284. The molecule has 0 radical (unpaired) electrons. The SMILES string of the molecule is CC1(C)OB(c2cnc(N)nc2CCN2CCOCC2)OC1(C)C. The quantitative estimate of drug-likeness (QED) is 0.790. The monoisotopic (exact) mass is 334 g/mol. The Kier molecular flexibility index (Phi) is 4.83. The first kappa shape index (κ1) is 17.6. The summed E-state index contributed by atoms with van der Waals surface area (Å²) in [5, 5.41) is 0. The van der Waals surface area contributed by atoms with Gasteiger partial charge < -0.3 is 19.8 Å². The molecule has 0 saturated carbocycles. The van der Waals surface area contributed by atoms with Gasteiger partial charge in [-0.2, -0.15) is 0 Å². The molecule has 1 aromatic rings. The summed E-state index contributed by atoms with van der Waals surface area (Å²) in [4.78, 5) is 11.0. The fourth-order valence-corrected chi connectivity index (χ4v) is 2.90. The molecule has 0 aromatic carbocycles. The highest BCUT2D eigenvalue weighted by Crippen LogP contribution is 2.36. The maximum atomic E-state index is 6.15. The third kappa shape index (κ3) is 3.56. The van der Waals surface area contributed by atoms with Crippen LogP contribution in [0.1, 0.15) is 33.4 Å². The van der Waals surface area contributed by atoms with Crippen molar-refractivity contribution >= 4 is 18.5 Å². The first-order valence-electron chi connectivity index (χ1n) is 8.55. The second-order valence-corrected chi connectivity index (χ2v) is 7.42. The van der Waals surface area contributed by atoms with E-state index in [2.05, 4.69) is 14.9 Å². The highest BCUT2D eigenvalue weighted by atomic mass is 16.7. The van der Waals surface area contributed by atoms with Gasteiger partial charge in [-0.1, -0.05) is 0 Å². The van der Waals surface area contributed by atoms with Gasteiger partial charge in [-0.05, 0) is 27.7 Å². The Morgan fingerprint density at radius 3 is 2.42 bits per heavy atom. The zero-order valence-electron chi connectivity index (χ0n) is 15.0. The average Bonchev–Trinajstić information content (AvgIpc) is 2.74. The first-order chi connectivity index (χ1) is 11.3. The largest absolute Gasteiger partial charge is 0.498 e. The Labute approximate surface area is 144 Å². The smallest absolute Gasteiger partial charge is 0.399 e. The predicted molar refractivity (Wildman–Crippen MR) is 93.1 cm³/mol. The van der Waals surface area contributed by atoms with Crippen LogP contribution in [0.3, 0.4) is 0 Å². The lowest BCUT2D eigenvalue weighted by molar-refractivity contribution is 0.00578. The highest BCUT2D eigenvalue weighted by Gasteiger charge is 2.52. The molecular formula is C16H27BN4O3. The predicted octanol–water partition coefficient (Wildman–Crippen LogP) is 0.233. The average molecular weight is 334 g/mol. The van der Waals surface area contributed by atoms with E-state index in [1.54, 1.807) is 6.20 Å². The molecule has 0 amide bonds. The molecule has 8 heteroatoms. The Hall–Kier alpha value is -1.22. The number of aromatic nitrogens is 2. The van der Waals surface area contributed by atoms with Gasteiger partial charge in [-0.25, -0.2) is 9.97 Å². The number of hydrogen-bond acceptors (Lipinski definition) is 7. The van der Waals surface area contributed by atoms with Crippen molar-refractivity contribution in [3.05, 3.63) is 11.9 Å². The molecule has 0 atom stereocenters. The van der Waals surface area contributed by atoms with E-state index in [0.717, 1.165) is 50.4 Å². The summed E-state index contributed by atoms with van der Waals surface area (Å²) >= 11 is 0. The second-order valence-electron chi connectivity index (χ2n) is 7.42. The van der Waals surface area contributed by atoms with Crippen LogP contribution < -0.4 is 11.2 Å². The fraction of sp³-hybridized carbons (Fsp3) is 0.750. The highest BCUT2D eigenvalue weighted by molar-refractivity contribution is 6.62. The van der Waals surface area contributed by atoms with Crippen LogP contribution in [0.25, 0.3) is 0 Å². The van der Waals surface area contributed by atoms with Gasteiger partial charge in [0.25, 0.3) is 0 Å². The number of ether oxygens (including phenoxy) is 1. The van der Waals surface area contributed by atoms with Crippen molar-refractivity contribution in [2.45, 2.75) is 45.3 Å². The topological polar surface area (TPSA) is 82.7 Å². The molecule has 2 aliphatic heterocycles. The molecule has 0 spiro atoms. The molecule has 2 N–H and O–H groups in total. The maximum Gasteiger partial charge on any atom is 0.498 e. The summed E-state index contributed by atoms with van der Waals surface area (Å²) in [5.41, 5.74) is 6.79. The molecule has 132 valence electrons. The summed E-state index contributed by atoms with van der Waals surface area (Å²) in [6.45, 7) is 12.5. The van der Waals surface area contributed by atoms with Gasteiger partial charge in [0.1, 0.15) is 0 Å². The summed E-state index contributed by atoms with van der Waals surface area (Å²) in [5.74, 6) is 0.284. The molecular weight excluding hydrogens is 307 g/mol. The number of nitrogens with two attached hydrogens (primary N) is 1. The Bertz CT molecular complexity index is 575. The van der Waals surface area contributed by atoms with E-state index < -0.39 is 7.12 Å². The van der Waals surface area contributed by atoms with Gasteiger partial charge in [0.15, 0.2) is 0 Å². The van der Waals surface area contributed by atoms with Crippen LogP contribution in [-0.4, -0.2) is 66.0 Å². The third-order valence-electron chi connectivity index (χ3n) is 5.19. The van der Waals surface area contributed by atoms with Crippen LogP contribution in [0.4, 0.5) is 5.95 Å². The van der Waals surface area contributed by atoms with E-state index in [9.17, 15) is 0 Å². The maximum absolute atomic E-state index is 6.15. The summed E-state index contributed by atoms with van der Waals surface area (Å²) in [6.07, 6.45) is 2.52. The van der Waals surface area contributed by atoms with Crippen molar-refractivity contribution in [3.63, 3.8) is 0 Å². The Balaban J connectivity index is 1.76. The molecule has 3 heterocycles. The standard InChI is InChI=1S/C16H27BN4O3/c1-15(2)16(3,4)24-17(23-15)12-11-19-14(18)20-13(12)5-6-21-7-9-22-10-8-21/h11H,5-10H2,1-4H3,(H2,18,19,20). The van der Waals surface area contributed by atoms with Crippen LogP contribution in [0.2, 0.25) is 0 Å². The Morgan fingerprint density at radius 2 is 1.79 bits per heavy atom. The molecule has 0 bridgehead atoms. The zero-order chi connectivity index (χ0) is 17.4.